The largest absolute Gasteiger partial charge is 0.311 e. The molecule has 0 aliphatic heterocycles. The fraction of sp³-hybridized carbons (Fsp3) is 0.571. The maximum atomic E-state index is 4.52. The summed E-state index contributed by atoms with van der Waals surface area (Å²) in [7, 11) is 6.00. The average Bonchev–Trinajstić information content (AvgIpc) is 2.89. The molecule has 0 radical (unpaired) electrons. The van der Waals surface area contributed by atoms with Gasteiger partial charge in [-0.15, -0.1) is 0 Å². The predicted molar refractivity (Wildman–Crippen MR) is 76.0 cm³/mol. The molecule has 0 saturated heterocycles. The molecular formula is C14H23N5. The molecule has 2 aromatic heterocycles. The van der Waals surface area contributed by atoms with Crippen LogP contribution < -0.4 is 5.32 Å². The van der Waals surface area contributed by atoms with Gasteiger partial charge in [-0.3, -0.25) is 9.36 Å². The van der Waals surface area contributed by atoms with E-state index in [1.165, 1.54) is 11.4 Å². The first-order valence-electron chi connectivity index (χ1n) is 6.74. The molecule has 1 N–H and O–H groups in total. The number of nitrogens with one attached hydrogen (secondary N) is 1. The highest BCUT2D eigenvalue weighted by Gasteiger charge is 2.17. The first-order chi connectivity index (χ1) is 9.05. The Balaban J connectivity index is 2.24. The molecule has 5 nitrogen and oxygen atoms in total. The van der Waals surface area contributed by atoms with Crippen molar-refractivity contribution in [3.63, 3.8) is 0 Å². The van der Waals surface area contributed by atoms with Gasteiger partial charge in [0.05, 0.1) is 23.1 Å². The molecule has 0 spiro atoms. The summed E-state index contributed by atoms with van der Waals surface area (Å²) in [6, 6.07) is 4.58. The van der Waals surface area contributed by atoms with Gasteiger partial charge < -0.3 is 5.32 Å². The third kappa shape index (κ3) is 2.87. The Morgan fingerprint density at radius 1 is 1.21 bits per heavy atom. The van der Waals surface area contributed by atoms with E-state index >= 15 is 0 Å². The highest BCUT2D eigenvalue weighted by molar-refractivity contribution is 5.18. The minimum absolute atomic E-state index is 0.257. The fourth-order valence-electron chi connectivity index (χ4n) is 2.46. The normalized spacial score (nSPS) is 12.9. The molecule has 2 rings (SSSR count). The number of hydrogen-bond acceptors (Lipinski definition) is 3. The molecule has 5 heteroatoms. The van der Waals surface area contributed by atoms with Gasteiger partial charge in [0.25, 0.3) is 0 Å². The van der Waals surface area contributed by atoms with Crippen molar-refractivity contribution in [2.75, 3.05) is 7.05 Å². The molecule has 2 heterocycles. The van der Waals surface area contributed by atoms with Crippen LogP contribution in [-0.4, -0.2) is 26.6 Å². The fourth-order valence-corrected chi connectivity index (χ4v) is 2.46. The molecule has 0 aromatic carbocycles. The molecule has 0 saturated carbocycles. The van der Waals surface area contributed by atoms with Gasteiger partial charge in [-0.2, -0.15) is 10.2 Å². The summed E-state index contributed by atoms with van der Waals surface area (Å²) < 4.78 is 3.93. The van der Waals surface area contributed by atoms with Crippen molar-refractivity contribution in [2.45, 2.75) is 32.7 Å². The summed E-state index contributed by atoms with van der Waals surface area (Å²) >= 11 is 0. The Hall–Kier alpha value is -1.62. The van der Waals surface area contributed by atoms with Crippen LogP contribution in [0.2, 0.25) is 0 Å². The van der Waals surface area contributed by atoms with Gasteiger partial charge in [0, 0.05) is 26.2 Å². The van der Waals surface area contributed by atoms with Crippen LogP contribution in [0.5, 0.6) is 0 Å². The Morgan fingerprint density at radius 3 is 2.42 bits per heavy atom. The van der Waals surface area contributed by atoms with Gasteiger partial charge in [0.15, 0.2) is 0 Å². The van der Waals surface area contributed by atoms with E-state index in [1.54, 1.807) is 0 Å². The van der Waals surface area contributed by atoms with E-state index in [0.717, 1.165) is 24.2 Å². The van der Waals surface area contributed by atoms with Crippen LogP contribution in [0.4, 0.5) is 0 Å². The van der Waals surface area contributed by atoms with E-state index < -0.39 is 0 Å². The second kappa shape index (κ2) is 5.57. The summed E-state index contributed by atoms with van der Waals surface area (Å²) in [6.07, 6.45) is 1.88. The Kier molecular flexibility index (Phi) is 4.04. The number of nitrogens with zero attached hydrogens (tertiary/aromatic N) is 4. The number of hydrogen-bond donors (Lipinski definition) is 1. The van der Waals surface area contributed by atoms with Crippen LogP contribution in [-0.2, 0) is 26.9 Å². The Bertz CT molecular complexity index is 552. The first-order valence-corrected chi connectivity index (χ1v) is 6.74. The highest BCUT2D eigenvalue weighted by Crippen LogP contribution is 2.19. The molecule has 2 aromatic rings. The number of likely N-dealkylation sites (N-methyl/N-ethyl adjacent to an activating group) is 1. The number of aromatic nitrogens is 4. The lowest BCUT2D eigenvalue weighted by Gasteiger charge is -2.16. The maximum absolute atomic E-state index is 4.52. The quantitative estimate of drug-likeness (QED) is 0.888. The third-order valence-corrected chi connectivity index (χ3v) is 3.55. The van der Waals surface area contributed by atoms with Gasteiger partial charge in [-0.05, 0) is 32.5 Å². The van der Waals surface area contributed by atoms with Crippen molar-refractivity contribution in [3.8, 4) is 0 Å². The van der Waals surface area contributed by atoms with E-state index in [1.807, 2.05) is 37.4 Å². The van der Waals surface area contributed by atoms with E-state index in [0.29, 0.717) is 0 Å². The molecule has 0 fully saturated rings. The lowest BCUT2D eigenvalue weighted by Crippen LogP contribution is -2.22. The van der Waals surface area contributed by atoms with E-state index in [-0.39, 0.29) is 6.04 Å². The zero-order chi connectivity index (χ0) is 14.0. The Labute approximate surface area is 114 Å². The van der Waals surface area contributed by atoms with Crippen LogP contribution in [0, 0.1) is 6.92 Å². The van der Waals surface area contributed by atoms with E-state index in [4.69, 9.17) is 0 Å². The van der Waals surface area contributed by atoms with Crippen molar-refractivity contribution < 1.29 is 0 Å². The van der Waals surface area contributed by atoms with Crippen molar-refractivity contribution in [1.82, 2.24) is 24.9 Å². The second-order valence-corrected chi connectivity index (χ2v) is 4.98. The summed E-state index contributed by atoms with van der Waals surface area (Å²) in [4.78, 5) is 0. The molecule has 0 amide bonds. The topological polar surface area (TPSA) is 47.7 Å². The molecule has 1 atom stereocenters. The zero-order valence-electron chi connectivity index (χ0n) is 12.4. The molecule has 1 unspecified atom stereocenters. The van der Waals surface area contributed by atoms with E-state index in [9.17, 15) is 0 Å². The summed E-state index contributed by atoms with van der Waals surface area (Å²) in [5.74, 6) is 0. The highest BCUT2D eigenvalue weighted by atomic mass is 15.3. The van der Waals surface area contributed by atoms with E-state index in [2.05, 4.69) is 34.6 Å². The standard InChI is InChI=1S/C14H23N5/c1-6-11-8-14(19(5)17-11)13(15-3)9-12-7-10(2)16-18(12)4/h7-8,13,15H,6,9H2,1-5H3. The first kappa shape index (κ1) is 13.8. The minimum atomic E-state index is 0.257. The van der Waals surface area contributed by atoms with Crippen LogP contribution in [0.3, 0.4) is 0 Å². The zero-order valence-corrected chi connectivity index (χ0v) is 12.4. The van der Waals surface area contributed by atoms with Gasteiger partial charge in [0.1, 0.15) is 0 Å². The average molecular weight is 261 g/mol. The van der Waals surface area contributed by atoms with Crippen molar-refractivity contribution in [2.24, 2.45) is 14.1 Å². The van der Waals surface area contributed by atoms with Gasteiger partial charge >= 0.3 is 0 Å². The van der Waals surface area contributed by atoms with Crippen molar-refractivity contribution in [1.29, 1.82) is 0 Å². The van der Waals surface area contributed by atoms with Crippen LogP contribution >= 0.6 is 0 Å². The summed E-state index contributed by atoms with van der Waals surface area (Å²) in [6.45, 7) is 4.15. The molecule has 0 bridgehead atoms. The lowest BCUT2D eigenvalue weighted by molar-refractivity contribution is 0.519. The minimum Gasteiger partial charge on any atom is -0.311 e. The summed E-state index contributed by atoms with van der Waals surface area (Å²) in [5, 5.41) is 12.3. The summed E-state index contributed by atoms with van der Waals surface area (Å²) in [5.41, 5.74) is 4.65. The smallest absolute Gasteiger partial charge is 0.0625 e. The van der Waals surface area contributed by atoms with Gasteiger partial charge in [-0.1, -0.05) is 6.92 Å². The lowest BCUT2D eigenvalue weighted by atomic mass is 10.1. The van der Waals surface area contributed by atoms with Crippen LogP contribution in [0.1, 0.15) is 35.7 Å². The van der Waals surface area contributed by atoms with Crippen LogP contribution in [0.15, 0.2) is 12.1 Å². The van der Waals surface area contributed by atoms with Gasteiger partial charge in [-0.25, -0.2) is 0 Å². The number of rotatable bonds is 5. The molecule has 0 aliphatic rings. The second-order valence-electron chi connectivity index (χ2n) is 4.98. The molecular weight excluding hydrogens is 238 g/mol. The monoisotopic (exact) mass is 261 g/mol. The predicted octanol–water partition coefficient (Wildman–Crippen LogP) is 1.53. The molecule has 19 heavy (non-hydrogen) atoms. The molecule has 0 aliphatic carbocycles. The third-order valence-electron chi connectivity index (χ3n) is 3.55. The Morgan fingerprint density at radius 2 is 1.95 bits per heavy atom. The van der Waals surface area contributed by atoms with Crippen molar-refractivity contribution in [3.05, 3.63) is 34.9 Å². The van der Waals surface area contributed by atoms with Gasteiger partial charge in [0.2, 0.25) is 0 Å². The SMILES string of the molecule is CCc1cc(C(Cc2cc(C)nn2C)NC)n(C)n1. The molecule has 104 valence electrons. The van der Waals surface area contributed by atoms with Crippen LogP contribution in [0.25, 0.3) is 0 Å². The van der Waals surface area contributed by atoms with Crippen molar-refractivity contribution >= 4 is 0 Å². The maximum Gasteiger partial charge on any atom is 0.0625 e. The number of aryl methyl sites for hydroxylation is 4.